The molecule has 2 rings (SSSR count). The highest BCUT2D eigenvalue weighted by atomic mass is 35.5. The molecular weight excluding hydrogens is 267 g/mol. The van der Waals surface area contributed by atoms with E-state index in [0.29, 0.717) is 15.6 Å². The van der Waals surface area contributed by atoms with Crippen LogP contribution in [0.5, 0.6) is 0 Å². The Morgan fingerprint density at radius 1 is 0.944 bits per heavy atom. The normalized spacial score (nSPS) is 12.2. The van der Waals surface area contributed by atoms with E-state index >= 15 is 0 Å². The van der Waals surface area contributed by atoms with Crippen LogP contribution >= 0.6 is 23.2 Å². The molecule has 2 aromatic carbocycles. The zero-order valence-electron chi connectivity index (χ0n) is 9.86. The zero-order chi connectivity index (χ0) is 13.1. The zero-order valence-corrected chi connectivity index (χ0v) is 11.4. The number of hydrogen-bond acceptors (Lipinski definition) is 1. The molecule has 1 unspecified atom stereocenters. The van der Waals surface area contributed by atoms with Crippen LogP contribution in [-0.2, 0) is 0 Å². The van der Waals surface area contributed by atoms with Crippen molar-refractivity contribution in [2.75, 3.05) is 0 Å². The highest BCUT2D eigenvalue weighted by Crippen LogP contribution is 2.30. The predicted molar refractivity (Wildman–Crippen MR) is 75.6 cm³/mol. The number of rotatable bonds is 3. The van der Waals surface area contributed by atoms with Gasteiger partial charge in [0.05, 0.1) is 15.6 Å². The molecule has 2 aromatic rings. The van der Waals surface area contributed by atoms with E-state index in [0.717, 1.165) is 5.56 Å². The summed E-state index contributed by atoms with van der Waals surface area (Å²) in [6.45, 7) is 1.86. The molecule has 18 heavy (non-hydrogen) atoms. The molecule has 0 bridgehead atoms. The molecule has 0 spiro atoms. The van der Waals surface area contributed by atoms with Crippen LogP contribution in [0.4, 0.5) is 0 Å². The van der Waals surface area contributed by atoms with Crippen molar-refractivity contribution in [3.8, 4) is 0 Å². The number of carbonyl (C=O) groups excluding carboxylic acids is 1. The molecule has 0 aliphatic heterocycles. The van der Waals surface area contributed by atoms with E-state index in [1.807, 2.05) is 37.3 Å². The van der Waals surface area contributed by atoms with E-state index in [4.69, 9.17) is 23.2 Å². The van der Waals surface area contributed by atoms with Crippen molar-refractivity contribution in [3.05, 3.63) is 69.7 Å². The molecule has 1 nitrogen and oxygen atoms in total. The van der Waals surface area contributed by atoms with Gasteiger partial charge in [0, 0.05) is 5.92 Å². The van der Waals surface area contributed by atoms with Gasteiger partial charge in [0.15, 0.2) is 5.78 Å². The summed E-state index contributed by atoms with van der Waals surface area (Å²) in [7, 11) is 0. The summed E-state index contributed by atoms with van der Waals surface area (Å²) in [4.78, 5) is 12.4. The Morgan fingerprint density at radius 3 is 2.06 bits per heavy atom. The fraction of sp³-hybridized carbons (Fsp3) is 0.133. The maximum atomic E-state index is 12.4. The van der Waals surface area contributed by atoms with Crippen LogP contribution < -0.4 is 0 Å². The van der Waals surface area contributed by atoms with E-state index in [1.54, 1.807) is 18.2 Å². The average molecular weight is 279 g/mol. The lowest BCUT2D eigenvalue weighted by Crippen LogP contribution is -2.10. The molecule has 0 N–H and O–H groups in total. The van der Waals surface area contributed by atoms with Crippen LogP contribution in [0.3, 0.4) is 0 Å². The molecule has 1 atom stereocenters. The first-order valence-corrected chi connectivity index (χ1v) is 6.40. The van der Waals surface area contributed by atoms with E-state index < -0.39 is 0 Å². The van der Waals surface area contributed by atoms with Gasteiger partial charge in [-0.1, -0.05) is 66.5 Å². The maximum Gasteiger partial charge on any atom is 0.173 e. The molecule has 0 radical (unpaired) electrons. The van der Waals surface area contributed by atoms with Gasteiger partial charge in [0.2, 0.25) is 0 Å². The van der Waals surface area contributed by atoms with Crippen molar-refractivity contribution in [3.63, 3.8) is 0 Å². The maximum absolute atomic E-state index is 12.4. The SMILES string of the molecule is CC(C(=O)c1c(Cl)cccc1Cl)c1ccccc1. The van der Waals surface area contributed by atoms with Gasteiger partial charge in [0.25, 0.3) is 0 Å². The van der Waals surface area contributed by atoms with Gasteiger partial charge in [-0.2, -0.15) is 0 Å². The molecule has 0 fully saturated rings. The van der Waals surface area contributed by atoms with Crippen molar-refractivity contribution in [2.24, 2.45) is 0 Å². The van der Waals surface area contributed by atoms with E-state index in [2.05, 4.69) is 0 Å². The van der Waals surface area contributed by atoms with E-state index in [1.165, 1.54) is 0 Å². The number of hydrogen-bond donors (Lipinski definition) is 0. The van der Waals surface area contributed by atoms with Gasteiger partial charge in [0.1, 0.15) is 0 Å². The first-order valence-electron chi connectivity index (χ1n) is 5.64. The summed E-state index contributed by atoms with van der Waals surface area (Å²) in [6.07, 6.45) is 0. The first-order chi connectivity index (χ1) is 8.61. The lowest BCUT2D eigenvalue weighted by molar-refractivity contribution is 0.0966. The van der Waals surface area contributed by atoms with Crippen molar-refractivity contribution >= 4 is 29.0 Å². The van der Waals surface area contributed by atoms with Crippen LogP contribution in [0.1, 0.15) is 28.8 Å². The van der Waals surface area contributed by atoms with Gasteiger partial charge in [-0.25, -0.2) is 0 Å². The Bertz CT molecular complexity index is 544. The number of benzene rings is 2. The molecule has 92 valence electrons. The minimum absolute atomic E-state index is 0.0585. The third kappa shape index (κ3) is 2.58. The van der Waals surface area contributed by atoms with Crippen molar-refractivity contribution in [1.82, 2.24) is 0 Å². The molecule has 0 saturated heterocycles. The van der Waals surface area contributed by atoms with Crippen LogP contribution in [0.2, 0.25) is 10.0 Å². The van der Waals surface area contributed by atoms with Crippen LogP contribution in [0.25, 0.3) is 0 Å². The Labute approximate surface area is 116 Å². The second kappa shape index (κ2) is 5.55. The molecule has 0 aliphatic rings. The summed E-state index contributed by atoms with van der Waals surface area (Å²) in [5.74, 6) is -0.319. The number of ketones is 1. The smallest absolute Gasteiger partial charge is 0.173 e. The molecule has 0 heterocycles. The standard InChI is InChI=1S/C15H12Cl2O/c1-10(11-6-3-2-4-7-11)15(18)14-12(16)8-5-9-13(14)17/h2-10H,1H3. The van der Waals surface area contributed by atoms with Gasteiger partial charge in [-0.05, 0) is 17.7 Å². The fourth-order valence-electron chi connectivity index (χ4n) is 1.84. The van der Waals surface area contributed by atoms with Crippen molar-refractivity contribution < 1.29 is 4.79 Å². The second-order valence-corrected chi connectivity index (χ2v) is 4.91. The summed E-state index contributed by atoms with van der Waals surface area (Å²) >= 11 is 12.1. The van der Waals surface area contributed by atoms with Gasteiger partial charge in [-0.15, -0.1) is 0 Å². The minimum atomic E-state index is -0.261. The molecule has 3 heteroatoms. The topological polar surface area (TPSA) is 17.1 Å². The number of halogens is 2. The fourth-order valence-corrected chi connectivity index (χ4v) is 2.43. The first kappa shape index (κ1) is 13.1. The number of Topliss-reactive ketones (excluding diaryl/α,β-unsaturated/α-hetero) is 1. The second-order valence-electron chi connectivity index (χ2n) is 4.09. The summed E-state index contributed by atoms with van der Waals surface area (Å²) < 4.78 is 0. The third-order valence-electron chi connectivity index (χ3n) is 2.90. The summed E-state index contributed by atoms with van der Waals surface area (Å²) in [6, 6.07) is 14.7. The lowest BCUT2D eigenvalue weighted by Gasteiger charge is -2.13. The monoisotopic (exact) mass is 278 g/mol. The molecule has 0 aromatic heterocycles. The molecule has 0 saturated carbocycles. The molecule has 0 aliphatic carbocycles. The van der Waals surface area contributed by atoms with Crippen LogP contribution in [0.15, 0.2) is 48.5 Å². The van der Waals surface area contributed by atoms with Crippen LogP contribution in [-0.4, -0.2) is 5.78 Å². The Balaban J connectivity index is 2.38. The largest absolute Gasteiger partial charge is 0.293 e. The third-order valence-corrected chi connectivity index (χ3v) is 3.53. The summed E-state index contributed by atoms with van der Waals surface area (Å²) in [5, 5.41) is 0.797. The molecular formula is C15H12Cl2O. The van der Waals surface area contributed by atoms with E-state index in [-0.39, 0.29) is 11.7 Å². The van der Waals surface area contributed by atoms with Crippen molar-refractivity contribution in [1.29, 1.82) is 0 Å². The number of carbonyl (C=O) groups is 1. The Morgan fingerprint density at radius 2 is 1.50 bits per heavy atom. The van der Waals surface area contributed by atoms with Gasteiger partial charge >= 0.3 is 0 Å². The highest BCUT2D eigenvalue weighted by molar-refractivity contribution is 6.40. The van der Waals surface area contributed by atoms with Gasteiger partial charge < -0.3 is 0 Å². The van der Waals surface area contributed by atoms with Crippen molar-refractivity contribution in [2.45, 2.75) is 12.8 Å². The predicted octanol–water partition coefficient (Wildman–Crippen LogP) is 4.98. The quantitative estimate of drug-likeness (QED) is 0.724. The average Bonchev–Trinajstić information content (AvgIpc) is 2.38. The minimum Gasteiger partial charge on any atom is -0.293 e. The molecule has 0 amide bonds. The summed E-state index contributed by atoms with van der Waals surface area (Å²) in [5.41, 5.74) is 1.36. The van der Waals surface area contributed by atoms with E-state index in [9.17, 15) is 4.79 Å². The lowest BCUT2D eigenvalue weighted by atomic mass is 9.92. The Hall–Kier alpha value is -1.31. The van der Waals surface area contributed by atoms with Crippen LogP contribution in [0, 0.1) is 0 Å². The van der Waals surface area contributed by atoms with Gasteiger partial charge in [-0.3, -0.25) is 4.79 Å². The highest BCUT2D eigenvalue weighted by Gasteiger charge is 2.21. The Kier molecular flexibility index (Phi) is 4.05.